The Bertz CT molecular complexity index is 880. The van der Waals surface area contributed by atoms with Crippen LogP contribution in [0.15, 0.2) is 48.0 Å². The SMILES string of the molecule is C=CC(=O)N(C)C1CC(N(C=O)/C=C(/N/C(=C/CC)C(=NC)OC)c2nccn2C)C1. The normalized spacial score (nSPS) is 19.3. The highest BCUT2D eigenvalue weighted by Crippen LogP contribution is 2.30. The van der Waals surface area contributed by atoms with Crippen molar-refractivity contribution in [2.75, 3.05) is 21.2 Å². The van der Waals surface area contributed by atoms with E-state index in [0.29, 0.717) is 36.0 Å². The van der Waals surface area contributed by atoms with Crippen molar-refractivity contribution in [1.82, 2.24) is 24.7 Å². The second-order valence-electron chi connectivity index (χ2n) is 7.27. The van der Waals surface area contributed by atoms with Crippen molar-refractivity contribution in [3.05, 3.63) is 48.8 Å². The lowest BCUT2D eigenvalue weighted by molar-refractivity contribution is -0.130. The van der Waals surface area contributed by atoms with E-state index in [0.717, 1.165) is 12.8 Å². The molecule has 1 aromatic heterocycles. The highest BCUT2D eigenvalue weighted by atomic mass is 16.5. The van der Waals surface area contributed by atoms with Crippen molar-refractivity contribution in [3.63, 3.8) is 0 Å². The summed E-state index contributed by atoms with van der Waals surface area (Å²) in [6.45, 7) is 5.55. The summed E-state index contributed by atoms with van der Waals surface area (Å²) in [4.78, 5) is 35.6. The lowest BCUT2D eigenvalue weighted by Gasteiger charge is -2.44. The van der Waals surface area contributed by atoms with Gasteiger partial charge in [-0.3, -0.25) is 14.6 Å². The van der Waals surface area contributed by atoms with Gasteiger partial charge in [-0.25, -0.2) is 4.98 Å². The van der Waals surface area contributed by atoms with E-state index in [2.05, 4.69) is 21.9 Å². The highest BCUT2D eigenvalue weighted by Gasteiger charge is 2.36. The van der Waals surface area contributed by atoms with Crippen LogP contribution in [0.3, 0.4) is 0 Å². The number of methoxy groups -OCH3 is 1. The molecule has 0 atom stereocenters. The lowest BCUT2D eigenvalue weighted by atomic mass is 9.84. The van der Waals surface area contributed by atoms with Crippen LogP contribution in [0.25, 0.3) is 5.70 Å². The number of carbonyl (C=O) groups is 2. The number of rotatable bonds is 10. The number of hydrogen-bond donors (Lipinski definition) is 1. The minimum absolute atomic E-state index is 0.0139. The number of aromatic nitrogens is 2. The molecule has 168 valence electrons. The number of ether oxygens (including phenoxy) is 1. The maximum absolute atomic E-state index is 11.9. The van der Waals surface area contributed by atoms with E-state index in [1.54, 1.807) is 43.4 Å². The van der Waals surface area contributed by atoms with Gasteiger partial charge in [-0.1, -0.05) is 19.6 Å². The average Bonchev–Trinajstić information content (AvgIpc) is 3.16. The minimum Gasteiger partial charge on any atom is -0.480 e. The predicted octanol–water partition coefficient (Wildman–Crippen LogP) is 1.91. The Kier molecular flexibility index (Phi) is 8.60. The molecule has 0 radical (unpaired) electrons. The molecule has 0 spiro atoms. The number of nitrogens with zero attached hydrogens (tertiary/aromatic N) is 5. The van der Waals surface area contributed by atoms with Crippen molar-refractivity contribution in [2.24, 2.45) is 12.0 Å². The molecule has 31 heavy (non-hydrogen) atoms. The average molecular weight is 429 g/mol. The standard InChI is InChI=1S/C22H32N6O3/c1-7-9-18(22(23-3)31-6)25-19(21-24-10-11-26(21)4)14-28(15-29)17-12-16(13-17)27(5)20(30)8-2/h8-11,14-17,25H,2,7,12-13H2,1,3-6H3/b18-9+,19-14+,23-22?. The molecule has 2 rings (SSSR count). The molecule has 0 unspecified atom stereocenters. The number of carbonyl (C=O) groups excluding carboxylic acids is 2. The van der Waals surface area contributed by atoms with Crippen LogP contribution in [0.5, 0.6) is 0 Å². The van der Waals surface area contributed by atoms with Gasteiger partial charge in [0.2, 0.25) is 18.2 Å². The van der Waals surface area contributed by atoms with Crippen LogP contribution in [0.1, 0.15) is 32.0 Å². The summed E-state index contributed by atoms with van der Waals surface area (Å²) in [7, 11) is 6.85. The Hall–Kier alpha value is -3.36. The van der Waals surface area contributed by atoms with Crippen LogP contribution in [-0.2, 0) is 21.4 Å². The summed E-state index contributed by atoms with van der Waals surface area (Å²) in [6.07, 6.45) is 11.5. The van der Waals surface area contributed by atoms with Gasteiger partial charge in [0.25, 0.3) is 0 Å². The molecule has 9 heteroatoms. The third kappa shape index (κ3) is 5.62. The zero-order valence-corrected chi connectivity index (χ0v) is 18.9. The summed E-state index contributed by atoms with van der Waals surface area (Å²) in [6, 6.07) is 0.0683. The zero-order chi connectivity index (χ0) is 23.0. The van der Waals surface area contributed by atoms with Crippen molar-refractivity contribution in [1.29, 1.82) is 0 Å². The maximum atomic E-state index is 11.9. The maximum Gasteiger partial charge on any atom is 0.245 e. The largest absolute Gasteiger partial charge is 0.480 e. The zero-order valence-electron chi connectivity index (χ0n) is 18.9. The van der Waals surface area contributed by atoms with E-state index in [-0.39, 0.29) is 18.0 Å². The van der Waals surface area contributed by atoms with Gasteiger partial charge in [0, 0.05) is 51.8 Å². The van der Waals surface area contributed by atoms with E-state index >= 15 is 0 Å². The summed E-state index contributed by atoms with van der Waals surface area (Å²) in [5.74, 6) is 0.996. The molecule has 1 saturated carbocycles. The smallest absolute Gasteiger partial charge is 0.245 e. The van der Waals surface area contributed by atoms with Gasteiger partial charge < -0.3 is 24.4 Å². The predicted molar refractivity (Wildman–Crippen MR) is 121 cm³/mol. The van der Waals surface area contributed by atoms with Crippen molar-refractivity contribution in [2.45, 2.75) is 38.3 Å². The Morgan fingerprint density at radius 1 is 1.45 bits per heavy atom. The van der Waals surface area contributed by atoms with Gasteiger partial charge in [0.1, 0.15) is 0 Å². The number of likely N-dealkylation sites (N-methyl/N-ethyl adjacent to an activating group) is 1. The molecule has 9 nitrogen and oxygen atoms in total. The number of amides is 2. The Balaban J connectivity index is 2.30. The molecule has 1 fully saturated rings. The second-order valence-corrected chi connectivity index (χ2v) is 7.27. The van der Waals surface area contributed by atoms with Crippen LogP contribution in [0, 0.1) is 0 Å². The first-order chi connectivity index (χ1) is 14.9. The Morgan fingerprint density at radius 3 is 2.65 bits per heavy atom. The topological polar surface area (TPSA) is 92.1 Å². The van der Waals surface area contributed by atoms with Gasteiger partial charge in [-0.05, 0) is 25.3 Å². The summed E-state index contributed by atoms with van der Waals surface area (Å²) in [5.41, 5.74) is 1.33. The molecule has 1 N–H and O–H groups in total. The number of aliphatic imine (C=N–C) groups is 1. The molecule has 2 amide bonds. The molecule has 1 aliphatic rings. The van der Waals surface area contributed by atoms with Crippen LogP contribution >= 0.6 is 0 Å². The second kappa shape index (κ2) is 11.1. The molecule has 1 heterocycles. The van der Waals surface area contributed by atoms with Crippen LogP contribution in [0.2, 0.25) is 0 Å². The molecule has 1 aliphatic carbocycles. The molecular formula is C22H32N6O3. The molecule has 0 aromatic carbocycles. The fourth-order valence-corrected chi connectivity index (χ4v) is 3.45. The molecule has 0 bridgehead atoms. The van der Waals surface area contributed by atoms with Gasteiger partial charge in [0.05, 0.1) is 18.5 Å². The summed E-state index contributed by atoms with van der Waals surface area (Å²) >= 11 is 0. The first kappa shape index (κ1) is 23.9. The number of aryl methyl sites for hydroxylation is 1. The van der Waals surface area contributed by atoms with Gasteiger partial charge in [-0.15, -0.1) is 0 Å². The Labute approximate surface area is 183 Å². The first-order valence-corrected chi connectivity index (χ1v) is 10.2. The van der Waals surface area contributed by atoms with E-state index in [9.17, 15) is 9.59 Å². The Morgan fingerprint density at radius 2 is 2.16 bits per heavy atom. The van der Waals surface area contributed by atoms with E-state index in [1.165, 1.54) is 6.08 Å². The van der Waals surface area contributed by atoms with Crippen molar-refractivity contribution >= 4 is 23.9 Å². The third-order valence-corrected chi connectivity index (χ3v) is 5.35. The van der Waals surface area contributed by atoms with Crippen LogP contribution < -0.4 is 5.32 Å². The van der Waals surface area contributed by atoms with Crippen LogP contribution in [-0.4, -0.2) is 70.9 Å². The fraction of sp³-hybridized carbons (Fsp3) is 0.455. The highest BCUT2D eigenvalue weighted by molar-refractivity contribution is 5.94. The monoisotopic (exact) mass is 428 g/mol. The molecular weight excluding hydrogens is 396 g/mol. The van der Waals surface area contributed by atoms with Crippen molar-refractivity contribution in [3.8, 4) is 0 Å². The number of nitrogens with one attached hydrogen (secondary N) is 1. The van der Waals surface area contributed by atoms with Gasteiger partial charge in [-0.2, -0.15) is 0 Å². The van der Waals surface area contributed by atoms with Gasteiger partial charge >= 0.3 is 0 Å². The molecule has 0 saturated heterocycles. The fourth-order valence-electron chi connectivity index (χ4n) is 3.45. The summed E-state index contributed by atoms with van der Waals surface area (Å²) < 4.78 is 7.25. The third-order valence-electron chi connectivity index (χ3n) is 5.35. The number of allylic oxidation sites excluding steroid dienone is 1. The quantitative estimate of drug-likeness (QED) is 0.266. The number of hydrogen-bond acceptors (Lipinski definition) is 6. The molecule has 1 aromatic rings. The van der Waals surface area contributed by atoms with Gasteiger partial charge in [0.15, 0.2) is 5.82 Å². The first-order valence-electron chi connectivity index (χ1n) is 10.2. The molecule has 0 aliphatic heterocycles. The number of imidazole rings is 1. The lowest BCUT2D eigenvalue weighted by Crippen LogP contribution is -2.52. The van der Waals surface area contributed by atoms with Crippen molar-refractivity contribution < 1.29 is 14.3 Å². The summed E-state index contributed by atoms with van der Waals surface area (Å²) in [5, 5.41) is 3.33. The van der Waals surface area contributed by atoms with E-state index in [1.807, 2.05) is 30.8 Å². The van der Waals surface area contributed by atoms with E-state index < -0.39 is 0 Å². The minimum atomic E-state index is -0.118. The van der Waals surface area contributed by atoms with E-state index in [4.69, 9.17) is 4.74 Å². The van der Waals surface area contributed by atoms with Crippen LogP contribution in [0.4, 0.5) is 0 Å².